The summed E-state index contributed by atoms with van der Waals surface area (Å²) < 4.78 is 30.8. The molecule has 0 aliphatic rings. The Labute approximate surface area is 143 Å². The lowest BCUT2D eigenvalue weighted by Gasteiger charge is -2.17. The zero-order valence-electron chi connectivity index (χ0n) is 13.9. The molecule has 0 bridgehead atoms. The Morgan fingerprint density at radius 3 is 2.42 bits per heavy atom. The first-order valence-corrected chi connectivity index (χ1v) is 8.54. The number of esters is 1. The van der Waals surface area contributed by atoms with Crippen LogP contribution in [0.15, 0.2) is 41.3 Å². The van der Waals surface area contributed by atoms with Gasteiger partial charge in [0.25, 0.3) is 10.0 Å². The lowest BCUT2D eigenvalue weighted by molar-refractivity contribution is -0.133. The van der Waals surface area contributed by atoms with Gasteiger partial charge in [-0.25, -0.2) is 17.5 Å². The summed E-state index contributed by atoms with van der Waals surface area (Å²) >= 11 is 0. The average molecular weight is 345 g/mol. The van der Waals surface area contributed by atoms with Gasteiger partial charge in [-0.15, -0.1) is 0 Å². The lowest BCUT2D eigenvalue weighted by atomic mass is 10.2. The van der Waals surface area contributed by atoms with Crippen LogP contribution in [-0.4, -0.2) is 32.3 Å². The molecule has 0 aromatic heterocycles. The maximum Gasteiger partial charge on any atom is 0.384 e. The quantitative estimate of drug-likeness (QED) is 0.363. The van der Waals surface area contributed by atoms with Crippen LogP contribution >= 0.6 is 0 Å². The van der Waals surface area contributed by atoms with E-state index in [1.807, 2.05) is 6.92 Å². The SMILES string of the molecule is C=C(C)C#CN(CCC#CC(=O)OC)S(=O)(=O)c1ccc(C)cc1. The Hall–Kier alpha value is -2.70. The summed E-state index contributed by atoms with van der Waals surface area (Å²) in [7, 11) is -2.56. The number of carbonyl (C=O) groups excluding carboxylic acids is 1. The van der Waals surface area contributed by atoms with Gasteiger partial charge >= 0.3 is 5.97 Å². The zero-order valence-corrected chi connectivity index (χ0v) is 14.7. The molecule has 6 heteroatoms. The highest BCUT2D eigenvalue weighted by Gasteiger charge is 2.21. The number of ether oxygens (including phenoxy) is 1. The van der Waals surface area contributed by atoms with Gasteiger partial charge in [0, 0.05) is 18.4 Å². The highest BCUT2D eigenvalue weighted by molar-refractivity contribution is 7.89. The largest absolute Gasteiger partial charge is 0.459 e. The summed E-state index contributed by atoms with van der Waals surface area (Å²) in [5.74, 6) is 6.80. The molecule has 0 atom stereocenters. The Morgan fingerprint density at radius 1 is 1.25 bits per heavy atom. The number of nitrogens with zero attached hydrogens (tertiary/aromatic N) is 1. The van der Waals surface area contributed by atoms with Crippen LogP contribution in [0.1, 0.15) is 18.9 Å². The highest BCUT2D eigenvalue weighted by atomic mass is 32.2. The Balaban J connectivity index is 3.06. The summed E-state index contributed by atoms with van der Waals surface area (Å²) in [6, 6.07) is 9.08. The lowest BCUT2D eigenvalue weighted by Crippen LogP contribution is -2.27. The Morgan fingerprint density at radius 2 is 1.88 bits per heavy atom. The van der Waals surface area contributed by atoms with Gasteiger partial charge in [0.1, 0.15) is 0 Å². The molecule has 126 valence electrons. The van der Waals surface area contributed by atoms with Gasteiger partial charge in [0.05, 0.1) is 18.6 Å². The van der Waals surface area contributed by atoms with Crippen LogP contribution < -0.4 is 0 Å². The minimum atomic E-state index is -3.79. The van der Waals surface area contributed by atoms with E-state index < -0.39 is 16.0 Å². The van der Waals surface area contributed by atoms with E-state index in [-0.39, 0.29) is 17.9 Å². The summed E-state index contributed by atoms with van der Waals surface area (Å²) in [5, 5.41) is 0. The van der Waals surface area contributed by atoms with E-state index in [9.17, 15) is 13.2 Å². The number of sulfonamides is 1. The number of carbonyl (C=O) groups is 1. The standard InChI is InChI=1S/C18H19NO4S/c1-15(2)12-14-19(13-6-5-7-18(20)23-4)24(21,22)17-10-8-16(3)9-11-17/h8-11H,1,6,13H2,2-4H3. The van der Waals surface area contributed by atoms with E-state index in [1.54, 1.807) is 19.1 Å². The minimum Gasteiger partial charge on any atom is -0.459 e. The van der Waals surface area contributed by atoms with Gasteiger partial charge < -0.3 is 4.74 Å². The fourth-order valence-corrected chi connectivity index (χ4v) is 2.81. The molecule has 1 rings (SSSR count). The van der Waals surface area contributed by atoms with Crippen molar-refractivity contribution in [1.29, 1.82) is 0 Å². The monoisotopic (exact) mass is 345 g/mol. The maximum atomic E-state index is 12.7. The molecule has 0 fully saturated rings. The van der Waals surface area contributed by atoms with Crippen LogP contribution in [0.2, 0.25) is 0 Å². The van der Waals surface area contributed by atoms with E-state index in [2.05, 4.69) is 35.1 Å². The summed E-state index contributed by atoms with van der Waals surface area (Å²) in [6.07, 6.45) is 0.144. The van der Waals surface area contributed by atoms with E-state index in [4.69, 9.17) is 0 Å². The molecule has 0 radical (unpaired) electrons. The van der Waals surface area contributed by atoms with Crippen molar-refractivity contribution < 1.29 is 17.9 Å². The molecule has 24 heavy (non-hydrogen) atoms. The molecule has 0 spiro atoms. The van der Waals surface area contributed by atoms with Crippen molar-refractivity contribution in [3.63, 3.8) is 0 Å². The van der Waals surface area contributed by atoms with E-state index >= 15 is 0 Å². The van der Waals surface area contributed by atoms with Gasteiger partial charge in [0.2, 0.25) is 0 Å². The number of methoxy groups -OCH3 is 1. The molecular formula is C18H19NO4S. The molecule has 0 aliphatic carbocycles. The Kier molecular flexibility index (Phi) is 7.10. The van der Waals surface area contributed by atoms with Crippen molar-refractivity contribution in [3.8, 4) is 23.8 Å². The van der Waals surface area contributed by atoms with E-state index in [0.29, 0.717) is 5.57 Å². The first-order chi connectivity index (χ1) is 11.3. The number of hydrogen-bond donors (Lipinski definition) is 0. The van der Waals surface area contributed by atoms with Crippen LogP contribution in [-0.2, 0) is 19.6 Å². The fourth-order valence-electron chi connectivity index (χ4n) is 1.57. The molecule has 5 nitrogen and oxygen atoms in total. The molecule has 1 aromatic carbocycles. The molecule has 1 aromatic rings. The number of benzene rings is 1. The smallest absolute Gasteiger partial charge is 0.384 e. The van der Waals surface area contributed by atoms with Crippen LogP contribution in [0.4, 0.5) is 0 Å². The van der Waals surface area contributed by atoms with Crippen molar-refractivity contribution in [2.45, 2.75) is 25.2 Å². The molecule has 0 saturated carbocycles. The molecule has 0 amide bonds. The summed E-state index contributed by atoms with van der Waals surface area (Å²) in [5.41, 5.74) is 1.50. The van der Waals surface area contributed by atoms with Gasteiger partial charge in [-0.05, 0) is 37.5 Å². The number of allylic oxidation sites excluding steroid dienone is 1. The third-order valence-electron chi connectivity index (χ3n) is 2.82. The van der Waals surface area contributed by atoms with Crippen LogP contribution in [0.25, 0.3) is 0 Å². The number of aryl methyl sites for hydroxylation is 1. The highest BCUT2D eigenvalue weighted by Crippen LogP contribution is 2.16. The topological polar surface area (TPSA) is 63.7 Å². The van der Waals surface area contributed by atoms with Crippen molar-refractivity contribution in [2.75, 3.05) is 13.7 Å². The molecule has 0 unspecified atom stereocenters. The maximum absolute atomic E-state index is 12.7. The van der Waals surface area contributed by atoms with Crippen LogP contribution in [0.5, 0.6) is 0 Å². The zero-order chi connectivity index (χ0) is 18.2. The summed E-state index contributed by atoms with van der Waals surface area (Å²) in [4.78, 5) is 11.1. The van der Waals surface area contributed by atoms with E-state index in [0.717, 1.165) is 9.87 Å². The van der Waals surface area contributed by atoms with Gasteiger partial charge in [-0.1, -0.05) is 30.2 Å². The first-order valence-electron chi connectivity index (χ1n) is 7.10. The Bertz CT molecular complexity index is 831. The van der Waals surface area contributed by atoms with E-state index in [1.165, 1.54) is 19.2 Å². The first kappa shape index (κ1) is 19.3. The molecule has 0 saturated heterocycles. The molecular weight excluding hydrogens is 326 g/mol. The fraction of sp³-hybridized carbons (Fsp3) is 0.278. The number of hydrogen-bond acceptors (Lipinski definition) is 4. The molecule has 0 aliphatic heterocycles. The van der Waals surface area contributed by atoms with Crippen molar-refractivity contribution in [1.82, 2.24) is 4.31 Å². The van der Waals surface area contributed by atoms with Crippen LogP contribution in [0, 0.1) is 30.7 Å². The second kappa shape index (κ2) is 8.81. The van der Waals surface area contributed by atoms with Gasteiger partial charge in [0.15, 0.2) is 0 Å². The predicted molar refractivity (Wildman–Crippen MR) is 92.1 cm³/mol. The molecule has 0 N–H and O–H groups in total. The summed E-state index contributed by atoms with van der Waals surface area (Å²) in [6.45, 7) is 7.22. The predicted octanol–water partition coefficient (Wildman–Crippen LogP) is 2.09. The third kappa shape index (κ3) is 5.83. The third-order valence-corrected chi connectivity index (χ3v) is 4.54. The number of rotatable bonds is 4. The average Bonchev–Trinajstić information content (AvgIpc) is 2.53. The second-order valence-corrected chi connectivity index (χ2v) is 6.81. The van der Waals surface area contributed by atoms with Crippen molar-refractivity contribution in [3.05, 3.63) is 42.0 Å². The van der Waals surface area contributed by atoms with Crippen molar-refractivity contribution >= 4 is 16.0 Å². The second-order valence-electron chi connectivity index (χ2n) is 4.95. The minimum absolute atomic E-state index is 0.0283. The normalized spacial score (nSPS) is 9.79. The van der Waals surface area contributed by atoms with Crippen molar-refractivity contribution in [2.24, 2.45) is 0 Å². The van der Waals surface area contributed by atoms with Gasteiger partial charge in [-0.3, -0.25) is 0 Å². The van der Waals surface area contributed by atoms with Crippen LogP contribution in [0.3, 0.4) is 0 Å². The molecule has 0 heterocycles. The van der Waals surface area contributed by atoms with Gasteiger partial charge in [-0.2, -0.15) is 0 Å².